The third-order valence-electron chi connectivity index (χ3n) is 3.40. The molecular weight excluding hydrogens is 346 g/mol. The predicted molar refractivity (Wildman–Crippen MR) is 94.4 cm³/mol. The van der Waals surface area contributed by atoms with Crippen LogP contribution in [-0.2, 0) is 21.4 Å². The number of nitrogens with one attached hydrogen (secondary N) is 2. The Labute approximate surface area is 146 Å². The maximum Gasteiger partial charge on any atom is 0.240 e. The van der Waals surface area contributed by atoms with Crippen molar-refractivity contribution in [3.63, 3.8) is 0 Å². The molecule has 0 atom stereocenters. The van der Waals surface area contributed by atoms with Crippen LogP contribution in [0.15, 0.2) is 28.5 Å². The molecule has 1 aromatic heterocycles. The highest BCUT2D eigenvalue weighted by molar-refractivity contribution is 7.89. The molecule has 0 spiro atoms. The lowest BCUT2D eigenvalue weighted by atomic mass is 10.2. The molecule has 0 fully saturated rings. The summed E-state index contributed by atoms with van der Waals surface area (Å²) in [5, 5.41) is 5.56. The number of rotatable bonds is 7. The van der Waals surface area contributed by atoms with Gasteiger partial charge < -0.3 is 5.32 Å². The zero-order valence-electron chi connectivity index (χ0n) is 13.9. The van der Waals surface area contributed by atoms with Gasteiger partial charge in [0.1, 0.15) is 0 Å². The fourth-order valence-electron chi connectivity index (χ4n) is 2.24. The van der Waals surface area contributed by atoms with Crippen molar-refractivity contribution in [2.45, 2.75) is 38.6 Å². The first-order valence-corrected chi connectivity index (χ1v) is 9.89. The molecule has 6 nitrogen and oxygen atoms in total. The standard InChI is InChI=1S/C16H21N3O3S2/c1-11-4-5-15(12(2)8-11)24(21,22)18-7-6-16(20)17-9-14-10-23-13(3)19-14/h4-5,8,10,18H,6-7,9H2,1-3H3,(H,17,20). The number of carbonyl (C=O) groups is 1. The van der Waals surface area contributed by atoms with Gasteiger partial charge in [0.2, 0.25) is 15.9 Å². The number of benzene rings is 1. The van der Waals surface area contributed by atoms with E-state index in [1.807, 2.05) is 25.3 Å². The highest BCUT2D eigenvalue weighted by Gasteiger charge is 2.16. The SMILES string of the molecule is Cc1ccc(S(=O)(=O)NCCC(=O)NCc2csc(C)n2)c(C)c1. The maximum atomic E-state index is 12.3. The summed E-state index contributed by atoms with van der Waals surface area (Å²) < 4.78 is 27.0. The highest BCUT2D eigenvalue weighted by atomic mass is 32.2. The number of carbonyl (C=O) groups excluding carboxylic acids is 1. The lowest BCUT2D eigenvalue weighted by Gasteiger charge is -2.10. The molecule has 2 N–H and O–H groups in total. The lowest BCUT2D eigenvalue weighted by Crippen LogP contribution is -2.31. The summed E-state index contributed by atoms with van der Waals surface area (Å²) in [6.07, 6.45) is 0.0766. The Hall–Kier alpha value is -1.77. The Kier molecular flexibility index (Phi) is 6.09. The van der Waals surface area contributed by atoms with Crippen molar-refractivity contribution in [3.05, 3.63) is 45.4 Å². The van der Waals surface area contributed by atoms with Crippen molar-refractivity contribution >= 4 is 27.3 Å². The van der Waals surface area contributed by atoms with Gasteiger partial charge in [-0.25, -0.2) is 18.1 Å². The molecule has 1 heterocycles. The summed E-state index contributed by atoms with van der Waals surface area (Å²) in [4.78, 5) is 16.3. The molecule has 24 heavy (non-hydrogen) atoms. The van der Waals surface area contributed by atoms with Gasteiger partial charge >= 0.3 is 0 Å². The molecule has 0 aliphatic rings. The fraction of sp³-hybridized carbons (Fsp3) is 0.375. The minimum absolute atomic E-state index is 0.0532. The molecule has 0 aliphatic heterocycles. The van der Waals surface area contributed by atoms with Crippen LogP contribution in [-0.4, -0.2) is 25.9 Å². The van der Waals surface area contributed by atoms with E-state index in [9.17, 15) is 13.2 Å². The van der Waals surface area contributed by atoms with Crippen molar-refractivity contribution < 1.29 is 13.2 Å². The third-order valence-corrected chi connectivity index (χ3v) is 5.84. The van der Waals surface area contributed by atoms with Crippen molar-refractivity contribution in [3.8, 4) is 0 Å². The van der Waals surface area contributed by atoms with Crippen LogP contribution in [0.4, 0.5) is 0 Å². The van der Waals surface area contributed by atoms with Crippen molar-refractivity contribution in [1.82, 2.24) is 15.0 Å². The zero-order chi connectivity index (χ0) is 17.7. The second kappa shape index (κ2) is 7.87. The number of amides is 1. The van der Waals surface area contributed by atoms with Crippen LogP contribution >= 0.6 is 11.3 Å². The molecule has 2 aromatic rings. The summed E-state index contributed by atoms with van der Waals surface area (Å²) in [6.45, 7) is 5.97. The maximum absolute atomic E-state index is 12.3. The Balaban J connectivity index is 1.83. The van der Waals surface area contributed by atoms with Gasteiger partial charge in [-0.1, -0.05) is 17.7 Å². The van der Waals surface area contributed by atoms with E-state index in [4.69, 9.17) is 0 Å². The van der Waals surface area contributed by atoms with Gasteiger partial charge in [0.15, 0.2) is 0 Å². The van der Waals surface area contributed by atoms with E-state index in [0.29, 0.717) is 12.1 Å². The first kappa shape index (κ1) is 18.6. The minimum Gasteiger partial charge on any atom is -0.350 e. The van der Waals surface area contributed by atoms with Gasteiger partial charge in [-0.05, 0) is 32.4 Å². The van der Waals surface area contributed by atoms with Crippen LogP contribution in [0.1, 0.15) is 28.2 Å². The monoisotopic (exact) mass is 367 g/mol. The smallest absolute Gasteiger partial charge is 0.240 e. The average molecular weight is 367 g/mol. The molecule has 130 valence electrons. The molecule has 1 amide bonds. The fourth-order valence-corrected chi connectivity index (χ4v) is 4.11. The van der Waals surface area contributed by atoms with Gasteiger partial charge in [-0.15, -0.1) is 11.3 Å². The predicted octanol–water partition coefficient (Wildman–Crippen LogP) is 2.05. The van der Waals surface area contributed by atoms with Gasteiger partial charge in [0.05, 0.1) is 22.1 Å². The van der Waals surface area contributed by atoms with Crippen LogP contribution < -0.4 is 10.0 Å². The van der Waals surface area contributed by atoms with Crippen LogP contribution in [0.5, 0.6) is 0 Å². The normalized spacial score (nSPS) is 11.5. The molecule has 1 aromatic carbocycles. The molecule has 8 heteroatoms. The van der Waals surface area contributed by atoms with Crippen LogP contribution in [0.25, 0.3) is 0 Å². The number of thiazole rings is 1. The quantitative estimate of drug-likeness (QED) is 0.784. The summed E-state index contributed by atoms with van der Waals surface area (Å²) >= 11 is 1.52. The Morgan fingerprint density at radius 1 is 1.25 bits per heavy atom. The number of aryl methyl sites for hydroxylation is 3. The summed E-state index contributed by atoms with van der Waals surface area (Å²) in [7, 11) is -3.61. The Morgan fingerprint density at radius 3 is 2.62 bits per heavy atom. The van der Waals surface area contributed by atoms with Gasteiger partial charge in [0.25, 0.3) is 0 Å². The van der Waals surface area contributed by atoms with Crippen molar-refractivity contribution in [2.75, 3.05) is 6.54 Å². The molecule has 2 rings (SSSR count). The third kappa shape index (κ3) is 5.12. The Bertz CT molecular complexity index is 829. The van der Waals surface area contributed by atoms with E-state index in [2.05, 4.69) is 15.0 Å². The van der Waals surface area contributed by atoms with Gasteiger partial charge in [0, 0.05) is 18.3 Å². The van der Waals surface area contributed by atoms with Gasteiger partial charge in [-0.2, -0.15) is 0 Å². The van der Waals surface area contributed by atoms with E-state index >= 15 is 0 Å². The molecule has 0 saturated carbocycles. The molecule has 0 saturated heterocycles. The van der Waals surface area contributed by atoms with Crippen molar-refractivity contribution in [2.24, 2.45) is 0 Å². The molecule has 0 bridgehead atoms. The second-order valence-corrected chi connectivity index (χ2v) is 8.35. The number of hydrogen-bond donors (Lipinski definition) is 2. The molecular formula is C16H21N3O3S2. The van der Waals surface area contributed by atoms with Gasteiger partial charge in [-0.3, -0.25) is 4.79 Å². The first-order chi connectivity index (χ1) is 11.3. The van der Waals surface area contributed by atoms with E-state index < -0.39 is 10.0 Å². The van der Waals surface area contributed by atoms with E-state index in [1.165, 1.54) is 11.3 Å². The first-order valence-electron chi connectivity index (χ1n) is 7.52. The molecule has 0 radical (unpaired) electrons. The highest BCUT2D eigenvalue weighted by Crippen LogP contribution is 2.16. The minimum atomic E-state index is -3.61. The zero-order valence-corrected chi connectivity index (χ0v) is 15.6. The van der Waals surface area contributed by atoms with Crippen molar-refractivity contribution in [1.29, 1.82) is 0 Å². The number of sulfonamides is 1. The van der Waals surface area contributed by atoms with E-state index in [0.717, 1.165) is 16.3 Å². The van der Waals surface area contributed by atoms with Crippen LogP contribution in [0.2, 0.25) is 0 Å². The summed E-state index contributed by atoms with van der Waals surface area (Å²) in [5.41, 5.74) is 2.50. The van der Waals surface area contributed by atoms with Crippen LogP contribution in [0, 0.1) is 20.8 Å². The number of nitrogens with zero attached hydrogens (tertiary/aromatic N) is 1. The summed E-state index contributed by atoms with van der Waals surface area (Å²) in [5.74, 6) is -0.219. The van der Waals surface area contributed by atoms with E-state index in [1.54, 1.807) is 19.1 Å². The molecule has 0 unspecified atom stereocenters. The average Bonchev–Trinajstić information content (AvgIpc) is 2.90. The topological polar surface area (TPSA) is 88.2 Å². The largest absolute Gasteiger partial charge is 0.350 e. The lowest BCUT2D eigenvalue weighted by molar-refractivity contribution is -0.121. The molecule has 0 aliphatic carbocycles. The summed E-state index contributed by atoms with van der Waals surface area (Å²) in [6, 6.07) is 5.15. The second-order valence-electron chi connectivity index (χ2n) is 5.55. The Morgan fingerprint density at radius 2 is 2.00 bits per heavy atom. The number of hydrogen-bond acceptors (Lipinski definition) is 5. The number of aromatic nitrogens is 1. The van der Waals surface area contributed by atoms with E-state index in [-0.39, 0.29) is 23.8 Å². The van der Waals surface area contributed by atoms with Crippen LogP contribution in [0.3, 0.4) is 0 Å².